The van der Waals surface area contributed by atoms with E-state index in [-0.39, 0.29) is 16.8 Å². The topological polar surface area (TPSA) is 121 Å². The largest absolute Gasteiger partial charge is 0.377 e. The van der Waals surface area contributed by atoms with Crippen molar-refractivity contribution in [3.05, 3.63) is 65.5 Å². The quantitative estimate of drug-likeness (QED) is 0.413. The number of carbonyl (C=O) groups is 1. The Labute approximate surface area is 226 Å². The Kier molecular flexibility index (Phi) is 5.96. The first-order valence-electron chi connectivity index (χ1n) is 12.9. The minimum absolute atomic E-state index is 0.103. The third-order valence-electron chi connectivity index (χ3n) is 7.70. The van der Waals surface area contributed by atoms with Crippen LogP contribution in [0.5, 0.6) is 0 Å². The highest BCUT2D eigenvalue weighted by atomic mass is 32.2. The van der Waals surface area contributed by atoms with Crippen molar-refractivity contribution in [3.8, 4) is 11.4 Å². The summed E-state index contributed by atoms with van der Waals surface area (Å²) in [7, 11) is -3.36. The van der Waals surface area contributed by atoms with Gasteiger partial charge in [-0.1, -0.05) is 12.1 Å². The van der Waals surface area contributed by atoms with Crippen molar-refractivity contribution in [2.24, 2.45) is 0 Å². The van der Waals surface area contributed by atoms with Gasteiger partial charge < -0.3 is 14.5 Å². The van der Waals surface area contributed by atoms with Crippen molar-refractivity contribution >= 4 is 32.5 Å². The molecule has 2 aromatic carbocycles. The third kappa shape index (κ3) is 4.25. The van der Waals surface area contributed by atoms with Gasteiger partial charge in [0, 0.05) is 34.9 Å². The van der Waals surface area contributed by atoms with Gasteiger partial charge in [-0.05, 0) is 51.1 Å². The van der Waals surface area contributed by atoms with Crippen molar-refractivity contribution in [1.29, 1.82) is 0 Å². The number of anilines is 1. The number of benzene rings is 2. The molecule has 0 bridgehead atoms. The summed E-state index contributed by atoms with van der Waals surface area (Å²) in [4.78, 5) is 28.2. The number of hydrogen-bond donors (Lipinski definition) is 1. The van der Waals surface area contributed by atoms with Crippen molar-refractivity contribution in [2.75, 3.05) is 30.9 Å². The molecule has 202 valence electrons. The Morgan fingerprint density at radius 2 is 1.90 bits per heavy atom. The zero-order valence-corrected chi connectivity index (χ0v) is 23.1. The van der Waals surface area contributed by atoms with Crippen LogP contribution in [-0.2, 0) is 26.7 Å². The van der Waals surface area contributed by atoms with Crippen LogP contribution in [0.1, 0.15) is 42.4 Å². The van der Waals surface area contributed by atoms with Crippen molar-refractivity contribution in [3.63, 3.8) is 0 Å². The van der Waals surface area contributed by atoms with Crippen molar-refractivity contribution < 1.29 is 17.9 Å². The summed E-state index contributed by atoms with van der Waals surface area (Å²) >= 11 is 0. The summed E-state index contributed by atoms with van der Waals surface area (Å²) in [5, 5.41) is 8.14. The fraction of sp³-hybridized carbons (Fsp3) is 0.357. The number of ether oxygens (including phenoxy) is 1. The van der Waals surface area contributed by atoms with E-state index in [0.29, 0.717) is 37.7 Å². The minimum atomic E-state index is -3.36. The van der Waals surface area contributed by atoms with Crippen LogP contribution < -0.4 is 4.90 Å². The maximum absolute atomic E-state index is 13.8. The molecule has 0 saturated carbocycles. The number of H-pyrrole nitrogens is 1. The lowest BCUT2D eigenvalue weighted by molar-refractivity contribution is 0.0570. The first-order chi connectivity index (χ1) is 18.6. The number of aromatic amines is 1. The molecule has 39 heavy (non-hydrogen) atoms. The van der Waals surface area contributed by atoms with Crippen LogP contribution in [0.4, 0.5) is 5.82 Å². The van der Waals surface area contributed by atoms with Crippen LogP contribution in [0.2, 0.25) is 0 Å². The van der Waals surface area contributed by atoms with E-state index in [2.05, 4.69) is 22.0 Å². The molecular formula is C28H30N6O4S. The summed E-state index contributed by atoms with van der Waals surface area (Å²) < 4.78 is 29.5. The van der Waals surface area contributed by atoms with Gasteiger partial charge in [0.1, 0.15) is 5.82 Å². The number of hydrogen-bond acceptors (Lipinski definition) is 8. The van der Waals surface area contributed by atoms with Gasteiger partial charge in [0.25, 0.3) is 5.91 Å². The molecule has 0 spiro atoms. The number of nitrogens with one attached hydrogen (secondary N) is 1. The first-order valence-corrected chi connectivity index (χ1v) is 14.7. The fourth-order valence-electron chi connectivity index (χ4n) is 5.50. The fourth-order valence-corrected chi connectivity index (χ4v) is 6.13. The predicted molar refractivity (Wildman–Crippen MR) is 147 cm³/mol. The second kappa shape index (κ2) is 9.13. The molecular weight excluding hydrogens is 516 g/mol. The number of amides is 1. The van der Waals surface area contributed by atoms with Gasteiger partial charge >= 0.3 is 0 Å². The van der Waals surface area contributed by atoms with Crippen LogP contribution in [0, 0.1) is 0 Å². The van der Waals surface area contributed by atoms with Gasteiger partial charge in [0.2, 0.25) is 0 Å². The average molecular weight is 547 g/mol. The van der Waals surface area contributed by atoms with E-state index in [4.69, 9.17) is 14.7 Å². The highest BCUT2D eigenvalue weighted by Gasteiger charge is 2.45. The summed E-state index contributed by atoms with van der Waals surface area (Å²) in [6.45, 7) is 8.29. The standard InChI is InChI=1S/C28H30N6O4S/c1-17-16-38-13-12-33(17)26-22-15-34(27(35)18-8-10-19(11-9-18)39(4,36)37)28(2,3)24(22)30-25(31-26)20-6-5-7-23-21(20)14-29-32-23/h5-11,14,17H,12-13,15-16H2,1-4H3,(H,29,32)/t17-/m1/s1. The molecule has 0 aliphatic carbocycles. The number of morpholine rings is 1. The zero-order chi connectivity index (χ0) is 27.5. The number of aromatic nitrogens is 4. The second-order valence-electron chi connectivity index (χ2n) is 10.7. The number of sulfone groups is 1. The van der Waals surface area contributed by atoms with Crippen molar-refractivity contribution in [2.45, 2.75) is 43.8 Å². The lowest BCUT2D eigenvalue weighted by Crippen LogP contribution is -2.44. The predicted octanol–water partition coefficient (Wildman–Crippen LogP) is 3.54. The van der Waals surface area contributed by atoms with E-state index in [0.717, 1.165) is 39.8 Å². The molecule has 1 fully saturated rings. The molecule has 1 N–H and O–H groups in total. The van der Waals surface area contributed by atoms with Gasteiger partial charge in [0.05, 0.1) is 53.6 Å². The molecule has 0 radical (unpaired) electrons. The lowest BCUT2D eigenvalue weighted by Gasteiger charge is -2.35. The molecule has 10 nitrogen and oxygen atoms in total. The maximum atomic E-state index is 13.8. The van der Waals surface area contributed by atoms with Gasteiger partial charge in [-0.3, -0.25) is 9.89 Å². The Bertz CT molecular complexity index is 1700. The summed E-state index contributed by atoms with van der Waals surface area (Å²) in [5.74, 6) is 1.19. The van der Waals surface area contributed by atoms with Gasteiger partial charge in [-0.25, -0.2) is 18.4 Å². The number of fused-ring (bicyclic) bond motifs is 2. The van der Waals surface area contributed by atoms with Gasteiger partial charge in [-0.15, -0.1) is 0 Å². The van der Waals surface area contributed by atoms with E-state index in [1.807, 2.05) is 32.0 Å². The van der Waals surface area contributed by atoms with E-state index < -0.39 is 15.4 Å². The van der Waals surface area contributed by atoms with E-state index in [1.54, 1.807) is 23.2 Å². The highest BCUT2D eigenvalue weighted by molar-refractivity contribution is 7.90. The number of nitrogens with zero attached hydrogens (tertiary/aromatic N) is 5. The first kappa shape index (κ1) is 25.4. The second-order valence-corrected chi connectivity index (χ2v) is 12.7. The molecule has 6 rings (SSSR count). The van der Waals surface area contributed by atoms with Crippen LogP contribution in [0.15, 0.2) is 53.6 Å². The number of rotatable bonds is 4. The van der Waals surface area contributed by atoms with Gasteiger partial charge in [-0.2, -0.15) is 5.10 Å². The summed E-state index contributed by atoms with van der Waals surface area (Å²) in [6.07, 6.45) is 2.93. The average Bonchev–Trinajstić information content (AvgIpc) is 3.50. The third-order valence-corrected chi connectivity index (χ3v) is 8.82. The SMILES string of the molecule is C[C@@H]1COCCN1c1nc(-c2cccc3[nH]ncc23)nc2c1CN(C(=O)c1ccc(S(C)(=O)=O)cc1)C2(C)C. The monoisotopic (exact) mass is 546 g/mol. The summed E-state index contributed by atoms with van der Waals surface area (Å²) in [6, 6.07) is 12.1. The Morgan fingerprint density at radius 1 is 1.13 bits per heavy atom. The van der Waals surface area contributed by atoms with Crippen LogP contribution in [0.25, 0.3) is 22.3 Å². The number of carbonyl (C=O) groups excluding carboxylic acids is 1. The zero-order valence-electron chi connectivity index (χ0n) is 22.3. The molecule has 0 unspecified atom stereocenters. The Morgan fingerprint density at radius 3 is 2.62 bits per heavy atom. The van der Waals surface area contributed by atoms with Crippen LogP contribution in [-0.4, -0.2) is 71.4 Å². The van der Waals surface area contributed by atoms with E-state index in [9.17, 15) is 13.2 Å². The van der Waals surface area contributed by atoms with Crippen LogP contribution in [0.3, 0.4) is 0 Å². The van der Waals surface area contributed by atoms with Gasteiger partial charge in [0.15, 0.2) is 15.7 Å². The molecule has 2 aromatic heterocycles. The Balaban J connectivity index is 1.47. The minimum Gasteiger partial charge on any atom is -0.377 e. The smallest absolute Gasteiger partial charge is 0.254 e. The molecule has 1 atom stereocenters. The van der Waals surface area contributed by atoms with Crippen molar-refractivity contribution in [1.82, 2.24) is 25.1 Å². The molecule has 4 aromatic rings. The summed E-state index contributed by atoms with van der Waals surface area (Å²) in [5.41, 5.74) is 3.14. The highest BCUT2D eigenvalue weighted by Crippen LogP contribution is 2.44. The molecule has 1 saturated heterocycles. The van der Waals surface area contributed by atoms with E-state index in [1.165, 1.54) is 12.1 Å². The van der Waals surface area contributed by atoms with E-state index >= 15 is 0 Å². The molecule has 1 amide bonds. The molecule has 2 aliphatic rings. The molecule has 11 heteroatoms. The van der Waals surface area contributed by atoms with Crippen LogP contribution >= 0.6 is 0 Å². The maximum Gasteiger partial charge on any atom is 0.254 e. The Hall–Kier alpha value is -3.83. The molecule has 4 heterocycles. The molecule has 2 aliphatic heterocycles. The normalized spacial score (nSPS) is 18.9. The lowest BCUT2D eigenvalue weighted by atomic mass is 9.98.